The molecule has 4 aliphatic heterocycles. The van der Waals surface area contributed by atoms with Gasteiger partial charge in [-0.05, 0) is 85.0 Å². The normalized spacial score (nSPS) is 25.5. The lowest BCUT2D eigenvalue weighted by atomic mass is 9.55. The Morgan fingerprint density at radius 3 is 2.54 bits per heavy atom. The molecule has 13 heteroatoms. The second-order valence-corrected chi connectivity index (χ2v) is 16.1. The molecule has 3 fully saturated rings. The summed E-state index contributed by atoms with van der Waals surface area (Å²) in [5.74, 6) is -3.05. The van der Waals surface area contributed by atoms with Crippen molar-refractivity contribution in [2.75, 3.05) is 11.9 Å². The smallest absolute Gasteiger partial charge is 0.255 e. The van der Waals surface area contributed by atoms with Crippen LogP contribution in [0.15, 0.2) is 54.6 Å². The first kappa shape index (κ1) is 36.6. The number of fused-ring (bicyclic) bond motifs is 4. The minimum atomic E-state index is -1.29. The third-order valence-electron chi connectivity index (χ3n) is 12.4. The van der Waals surface area contributed by atoms with E-state index in [4.69, 9.17) is 23.2 Å². The van der Waals surface area contributed by atoms with Crippen LogP contribution in [0, 0.1) is 5.82 Å². The van der Waals surface area contributed by atoms with Gasteiger partial charge in [-0.15, -0.1) is 0 Å². The fourth-order valence-electron chi connectivity index (χ4n) is 10.0. The fraction of sp³-hybridized carbons (Fsp3) is 0.439. The molecule has 0 aromatic heterocycles. The minimum absolute atomic E-state index is 0.0711. The van der Waals surface area contributed by atoms with Crippen molar-refractivity contribution in [3.63, 3.8) is 0 Å². The van der Waals surface area contributed by atoms with Crippen LogP contribution in [0.5, 0.6) is 0 Å². The predicted octanol–water partition coefficient (Wildman–Crippen LogP) is 6.07. The van der Waals surface area contributed by atoms with Gasteiger partial charge in [-0.2, -0.15) is 0 Å². The summed E-state index contributed by atoms with van der Waals surface area (Å²) < 4.78 is 16.1. The van der Waals surface area contributed by atoms with Crippen LogP contribution in [0.4, 0.5) is 10.1 Å². The zero-order chi connectivity index (χ0) is 37.8. The van der Waals surface area contributed by atoms with E-state index >= 15 is 4.39 Å². The van der Waals surface area contributed by atoms with Crippen LogP contribution in [-0.4, -0.2) is 58.6 Å². The molecule has 2 saturated heterocycles. The number of anilines is 1. The number of piperidine rings is 1. The van der Waals surface area contributed by atoms with Crippen LogP contribution in [0.2, 0.25) is 10.0 Å². The highest BCUT2D eigenvalue weighted by Gasteiger charge is 2.72. The first-order valence-electron chi connectivity index (χ1n) is 18.9. The molecular formula is C41H42Cl2FN5O5. The average Bonchev–Trinajstić information content (AvgIpc) is 3.75. The van der Waals surface area contributed by atoms with Gasteiger partial charge in [-0.25, -0.2) is 4.39 Å². The van der Waals surface area contributed by atoms with Crippen LogP contribution < -0.4 is 21.3 Å². The Morgan fingerprint density at radius 1 is 0.944 bits per heavy atom. The van der Waals surface area contributed by atoms with Crippen molar-refractivity contribution < 1.29 is 28.4 Å². The molecule has 3 aromatic rings. The summed E-state index contributed by atoms with van der Waals surface area (Å²) in [6.45, 7) is 0.711. The fourth-order valence-corrected chi connectivity index (χ4v) is 10.4. The predicted molar refractivity (Wildman–Crippen MR) is 202 cm³/mol. The topological polar surface area (TPSA) is 137 Å². The number of benzene rings is 3. The molecule has 54 heavy (non-hydrogen) atoms. The maximum absolute atomic E-state index is 16.1. The molecule has 5 aliphatic rings. The highest BCUT2D eigenvalue weighted by atomic mass is 35.5. The van der Waals surface area contributed by atoms with Gasteiger partial charge in [0.15, 0.2) is 0 Å². The van der Waals surface area contributed by atoms with Gasteiger partial charge < -0.3 is 15.5 Å². The van der Waals surface area contributed by atoms with Crippen molar-refractivity contribution in [3.8, 4) is 0 Å². The Kier molecular flexibility index (Phi) is 9.77. The second kappa shape index (κ2) is 14.4. The van der Waals surface area contributed by atoms with Crippen molar-refractivity contribution in [3.05, 3.63) is 98.3 Å². The Hall–Kier alpha value is -4.32. The number of carbonyl (C=O) groups is 5. The van der Waals surface area contributed by atoms with Gasteiger partial charge in [0.05, 0.1) is 11.1 Å². The molecule has 4 atom stereocenters. The highest BCUT2D eigenvalue weighted by molar-refractivity contribution is 6.31. The zero-order valence-electron chi connectivity index (χ0n) is 29.7. The van der Waals surface area contributed by atoms with E-state index in [1.165, 1.54) is 6.07 Å². The quantitative estimate of drug-likeness (QED) is 0.154. The molecule has 1 aliphatic carbocycles. The molecule has 0 radical (unpaired) electrons. The van der Waals surface area contributed by atoms with Crippen LogP contribution in [0.25, 0.3) is 0 Å². The third-order valence-corrected chi connectivity index (χ3v) is 12.9. The van der Waals surface area contributed by atoms with E-state index in [1.807, 2.05) is 18.2 Å². The molecule has 10 nitrogen and oxygen atoms in total. The number of nitrogens with zero attached hydrogens (tertiary/aromatic N) is 1. The number of nitrogens with one attached hydrogen (secondary N) is 4. The van der Waals surface area contributed by atoms with E-state index < -0.39 is 40.7 Å². The number of carbonyl (C=O) groups excluding carboxylic acids is 5. The molecule has 4 heterocycles. The van der Waals surface area contributed by atoms with Gasteiger partial charge in [0.25, 0.3) is 5.91 Å². The Morgan fingerprint density at radius 2 is 1.74 bits per heavy atom. The van der Waals surface area contributed by atoms with E-state index in [2.05, 4.69) is 21.3 Å². The molecular weight excluding hydrogens is 732 g/mol. The molecule has 2 spiro atoms. The lowest BCUT2D eigenvalue weighted by Crippen LogP contribution is -2.60. The van der Waals surface area contributed by atoms with Crippen LogP contribution in [0.1, 0.15) is 103 Å². The van der Waals surface area contributed by atoms with Crippen molar-refractivity contribution in [2.24, 2.45) is 0 Å². The van der Waals surface area contributed by atoms with Gasteiger partial charge in [-0.1, -0.05) is 79.2 Å². The van der Waals surface area contributed by atoms with Gasteiger partial charge >= 0.3 is 0 Å². The number of hydrogen-bond donors (Lipinski definition) is 4. The lowest BCUT2D eigenvalue weighted by Gasteiger charge is -2.47. The van der Waals surface area contributed by atoms with Crippen LogP contribution >= 0.6 is 23.2 Å². The number of amides is 5. The van der Waals surface area contributed by atoms with Crippen molar-refractivity contribution in [1.29, 1.82) is 0 Å². The Balaban J connectivity index is 0.974. The maximum atomic E-state index is 16.1. The SMILES string of the molecule is O=C1CCC(N2Cc3c(CCCCCNC(=O)C4NC5(CCCCC5)C5(C(=O)Nc6cc(Cl)ccc65)C4c4cccc(Cl)c4F)cccc3C2=O)C(=O)N1. The lowest BCUT2D eigenvalue weighted by molar-refractivity contribution is -0.137. The first-order valence-corrected chi connectivity index (χ1v) is 19.7. The summed E-state index contributed by atoms with van der Waals surface area (Å²) >= 11 is 12.7. The van der Waals surface area contributed by atoms with Crippen LogP contribution in [0.3, 0.4) is 0 Å². The molecule has 8 rings (SSSR count). The summed E-state index contributed by atoms with van der Waals surface area (Å²) in [4.78, 5) is 67.8. The van der Waals surface area contributed by atoms with Gasteiger partial charge in [0.1, 0.15) is 17.3 Å². The molecule has 3 aromatic carbocycles. The monoisotopic (exact) mass is 773 g/mol. The average molecular weight is 775 g/mol. The van der Waals surface area contributed by atoms with E-state index in [0.717, 1.165) is 49.7 Å². The van der Waals surface area contributed by atoms with E-state index in [0.29, 0.717) is 60.6 Å². The van der Waals surface area contributed by atoms with Crippen LogP contribution in [-0.2, 0) is 37.6 Å². The van der Waals surface area contributed by atoms with Crippen molar-refractivity contribution >= 4 is 58.4 Å². The Labute approximate surface area is 322 Å². The van der Waals surface area contributed by atoms with Crippen molar-refractivity contribution in [2.45, 2.75) is 106 Å². The standard InChI is InChI=1S/C41H42Cl2FN5O5/c42-24-14-15-28-30(21-24)46-39(54)41(28)33(26-12-8-13-29(43)34(26)44)35(48-40(41)18-4-2-5-19-40)37(52)45-20-6-1-3-9-23-10-7-11-25-27(23)22-49(38(25)53)31-16-17-32(50)47-36(31)51/h7-8,10-15,21,31,33,35,48H,1-6,9,16-20,22H2,(H,45,52)(H,46,54)(H,47,50,51). The molecule has 1 saturated carbocycles. The molecule has 0 bridgehead atoms. The zero-order valence-corrected chi connectivity index (χ0v) is 31.3. The minimum Gasteiger partial charge on any atom is -0.355 e. The first-order chi connectivity index (χ1) is 26.1. The second-order valence-electron chi connectivity index (χ2n) is 15.3. The Bertz CT molecular complexity index is 2070. The molecule has 282 valence electrons. The number of rotatable bonds is 9. The van der Waals surface area contributed by atoms with Gasteiger partial charge in [-0.3, -0.25) is 34.6 Å². The molecule has 4 unspecified atom stereocenters. The number of aryl methyl sites for hydroxylation is 1. The molecule has 4 N–H and O–H groups in total. The van der Waals surface area contributed by atoms with Gasteiger partial charge in [0, 0.05) is 47.2 Å². The summed E-state index contributed by atoms with van der Waals surface area (Å²) in [5.41, 5.74) is 1.96. The number of halogens is 3. The number of imide groups is 1. The third kappa shape index (κ3) is 5.90. The summed E-state index contributed by atoms with van der Waals surface area (Å²) in [6.07, 6.45) is 7.53. The number of hydrogen-bond acceptors (Lipinski definition) is 6. The van der Waals surface area contributed by atoms with E-state index in [1.54, 1.807) is 35.2 Å². The summed E-state index contributed by atoms with van der Waals surface area (Å²) in [5, 5.41) is 12.6. The van der Waals surface area contributed by atoms with E-state index in [-0.39, 0.29) is 40.6 Å². The van der Waals surface area contributed by atoms with Crippen molar-refractivity contribution in [1.82, 2.24) is 20.9 Å². The highest BCUT2D eigenvalue weighted by Crippen LogP contribution is 2.62. The largest absolute Gasteiger partial charge is 0.355 e. The van der Waals surface area contributed by atoms with Gasteiger partial charge in [0.2, 0.25) is 23.6 Å². The maximum Gasteiger partial charge on any atom is 0.255 e. The summed E-state index contributed by atoms with van der Waals surface area (Å²) in [6, 6.07) is 14.1. The summed E-state index contributed by atoms with van der Waals surface area (Å²) in [7, 11) is 0. The molecule has 5 amide bonds. The number of unbranched alkanes of at least 4 members (excludes halogenated alkanes) is 2. The van der Waals surface area contributed by atoms with E-state index in [9.17, 15) is 24.0 Å².